The summed E-state index contributed by atoms with van der Waals surface area (Å²) >= 11 is 2.92. The highest BCUT2D eigenvalue weighted by atomic mass is 32.2. The molecule has 0 spiro atoms. The Hall–Kier alpha value is -1.04. The molecule has 266 valence electrons. The third kappa shape index (κ3) is 35.8. The predicted molar refractivity (Wildman–Crippen MR) is 211 cm³/mol. The minimum atomic E-state index is 0.180. The van der Waals surface area contributed by atoms with E-state index in [4.69, 9.17) is 0 Å². The number of rotatable bonds is 33. The molecule has 0 saturated carbocycles. The summed E-state index contributed by atoms with van der Waals surface area (Å²) in [4.78, 5) is 27.3. The standard InChI is InChI=1S/C41H73NO2S2/c1-5-7-9-11-13-15-17-19-21-23-25-27-29-31-33-35-40(43)45-38-39(37-42(3)4)46-41(44)36-34-32-30-28-26-24-22-20-18-16-14-12-10-8-6-2/h13-16,19-22,39H,5-12,17-18,23-38H2,1-4H3/b15-13-,16-14-,21-19-,22-20-. The fourth-order valence-electron chi connectivity index (χ4n) is 5.20. The SMILES string of the molecule is CCCCC/C=C\C/C=C\CCCCCCCC(=O)SCC(CN(C)C)SC(=O)CCCCCCC/C=C\C/C=C\CCCCC. The van der Waals surface area contributed by atoms with Crippen LogP contribution in [0.3, 0.4) is 0 Å². The molecule has 0 aromatic heterocycles. The Bertz CT molecular complexity index is 802. The Morgan fingerprint density at radius 2 is 0.913 bits per heavy atom. The van der Waals surface area contributed by atoms with E-state index < -0.39 is 0 Å². The van der Waals surface area contributed by atoms with Crippen molar-refractivity contribution < 1.29 is 9.59 Å². The van der Waals surface area contributed by atoms with E-state index in [0.717, 1.165) is 63.7 Å². The third-order valence-corrected chi connectivity index (χ3v) is 10.4. The van der Waals surface area contributed by atoms with Gasteiger partial charge in [-0.3, -0.25) is 9.59 Å². The van der Waals surface area contributed by atoms with Gasteiger partial charge >= 0.3 is 0 Å². The van der Waals surface area contributed by atoms with E-state index >= 15 is 0 Å². The zero-order chi connectivity index (χ0) is 33.8. The first-order valence-electron chi connectivity index (χ1n) is 19.1. The van der Waals surface area contributed by atoms with E-state index in [-0.39, 0.29) is 10.4 Å². The summed E-state index contributed by atoms with van der Waals surface area (Å²) in [5.41, 5.74) is 0. The molecule has 0 aliphatic heterocycles. The Labute approximate surface area is 295 Å². The lowest BCUT2D eigenvalue weighted by Crippen LogP contribution is -2.27. The lowest BCUT2D eigenvalue weighted by Gasteiger charge is -2.19. The molecule has 46 heavy (non-hydrogen) atoms. The number of carbonyl (C=O) groups excluding carboxylic acids is 2. The van der Waals surface area contributed by atoms with E-state index in [9.17, 15) is 9.59 Å². The largest absolute Gasteiger partial charge is 0.308 e. The highest BCUT2D eigenvalue weighted by Gasteiger charge is 2.17. The van der Waals surface area contributed by atoms with Crippen LogP contribution >= 0.6 is 23.5 Å². The smallest absolute Gasteiger partial charge is 0.189 e. The Kier molecular flexibility index (Phi) is 36.0. The number of nitrogens with zero attached hydrogens (tertiary/aromatic N) is 1. The molecule has 0 aliphatic carbocycles. The summed E-state index contributed by atoms with van der Waals surface area (Å²) in [5, 5.41) is 0.759. The van der Waals surface area contributed by atoms with Gasteiger partial charge in [0, 0.05) is 30.4 Å². The second-order valence-electron chi connectivity index (χ2n) is 13.0. The summed E-state index contributed by atoms with van der Waals surface area (Å²) < 4.78 is 0. The van der Waals surface area contributed by atoms with Crippen LogP contribution in [0.2, 0.25) is 0 Å². The molecule has 0 bridgehead atoms. The van der Waals surface area contributed by atoms with Crippen LogP contribution in [0.4, 0.5) is 0 Å². The number of thioether (sulfide) groups is 2. The van der Waals surface area contributed by atoms with Crippen molar-refractivity contribution in [2.45, 2.75) is 173 Å². The molecule has 0 N–H and O–H groups in total. The van der Waals surface area contributed by atoms with Crippen LogP contribution in [-0.2, 0) is 9.59 Å². The van der Waals surface area contributed by atoms with Crippen molar-refractivity contribution in [2.24, 2.45) is 0 Å². The van der Waals surface area contributed by atoms with Gasteiger partial charge in [-0.2, -0.15) is 0 Å². The molecule has 0 fully saturated rings. The molecular formula is C41H73NO2S2. The van der Waals surface area contributed by atoms with E-state index in [1.165, 1.54) is 113 Å². The molecule has 1 atom stereocenters. The van der Waals surface area contributed by atoms with Gasteiger partial charge in [-0.1, -0.05) is 150 Å². The summed E-state index contributed by atoms with van der Waals surface area (Å²) in [7, 11) is 4.10. The van der Waals surface area contributed by atoms with Crippen molar-refractivity contribution in [3.63, 3.8) is 0 Å². The number of carbonyl (C=O) groups is 2. The minimum Gasteiger partial charge on any atom is -0.308 e. The quantitative estimate of drug-likeness (QED) is 0.0511. The second-order valence-corrected chi connectivity index (χ2v) is 15.5. The molecule has 0 aromatic rings. The fourth-order valence-corrected chi connectivity index (χ4v) is 7.44. The molecule has 0 heterocycles. The van der Waals surface area contributed by atoms with Gasteiger partial charge in [0.1, 0.15) is 0 Å². The van der Waals surface area contributed by atoms with Crippen LogP contribution in [0.1, 0.15) is 168 Å². The summed E-state index contributed by atoms with van der Waals surface area (Å²) in [5.74, 6) is 0.732. The highest BCUT2D eigenvalue weighted by molar-refractivity contribution is 8.17. The number of hydrogen-bond acceptors (Lipinski definition) is 5. The van der Waals surface area contributed by atoms with E-state index in [2.05, 4.69) is 67.4 Å². The first kappa shape index (κ1) is 45.0. The zero-order valence-electron chi connectivity index (χ0n) is 30.7. The van der Waals surface area contributed by atoms with Gasteiger partial charge in [0.05, 0.1) is 0 Å². The van der Waals surface area contributed by atoms with E-state index in [0.29, 0.717) is 18.0 Å². The molecule has 5 heteroatoms. The molecule has 0 saturated heterocycles. The van der Waals surface area contributed by atoms with Gasteiger partial charge in [0.15, 0.2) is 10.2 Å². The molecular weight excluding hydrogens is 603 g/mol. The van der Waals surface area contributed by atoms with Crippen molar-refractivity contribution in [3.05, 3.63) is 48.6 Å². The molecule has 0 radical (unpaired) electrons. The van der Waals surface area contributed by atoms with E-state index in [1.54, 1.807) is 0 Å². The average molecular weight is 676 g/mol. The summed E-state index contributed by atoms with van der Waals surface area (Å²) in [6.07, 6.45) is 46.2. The topological polar surface area (TPSA) is 37.4 Å². The van der Waals surface area contributed by atoms with Crippen LogP contribution in [0.15, 0.2) is 48.6 Å². The second kappa shape index (κ2) is 36.8. The molecule has 1 unspecified atom stereocenters. The monoisotopic (exact) mass is 676 g/mol. The number of allylic oxidation sites excluding steroid dienone is 8. The lowest BCUT2D eigenvalue weighted by molar-refractivity contribution is -0.112. The average Bonchev–Trinajstić information content (AvgIpc) is 3.03. The van der Waals surface area contributed by atoms with Crippen molar-refractivity contribution in [1.82, 2.24) is 4.90 Å². The van der Waals surface area contributed by atoms with Crippen LogP contribution in [0.25, 0.3) is 0 Å². The van der Waals surface area contributed by atoms with Crippen molar-refractivity contribution >= 4 is 33.8 Å². The molecule has 0 rings (SSSR count). The first-order chi connectivity index (χ1) is 22.5. The van der Waals surface area contributed by atoms with Crippen molar-refractivity contribution in [1.29, 1.82) is 0 Å². The maximum absolute atomic E-state index is 12.7. The normalized spacial score (nSPS) is 13.0. The molecule has 0 amide bonds. The number of hydrogen-bond donors (Lipinski definition) is 0. The van der Waals surface area contributed by atoms with E-state index in [1.807, 2.05) is 14.1 Å². The zero-order valence-corrected chi connectivity index (χ0v) is 32.3. The fraction of sp³-hybridized carbons (Fsp3) is 0.756. The first-order valence-corrected chi connectivity index (χ1v) is 21.0. The molecule has 0 aromatic carbocycles. The van der Waals surface area contributed by atoms with Gasteiger partial charge in [0.2, 0.25) is 0 Å². The highest BCUT2D eigenvalue weighted by Crippen LogP contribution is 2.23. The third-order valence-electron chi connectivity index (χ3n) is 7.96. The van der Waals surface area contributed by atoms with Crippen molar-refractivity contribution in [2.75, 3.05) is 26.4 Å². The van der Waals surface area contributed by atoms with Crippen LogP contribution in [0.5, 0.6) is 0 Å². The van der Waals surface area contributed by atoms with Gasteiger partial charge < -0.3 is 4.90 Å². The van der Waals surface area contributed by atoms with Crippen LogP contribution < -0.4 is 0 Å². The maximum atomic E-state index is 12.7. The van der Waals surface area contributed by atoms with Gasteiger partial charge in [-0.05, 0) is 91.1 Å². The Morgan fingerprint density at radius 1 is 0.522 bits per heavy atom. The van der Waals surface area contributed by atoms with Crippen molar-refractivity contribution in [3.8, 4) is 0 Å². The predicted octanol–water partition coefficient (Wildman–Crippen LogP) is 13.1. The summed E-state index contributed by atoms with van der Waals surface area (Å²) in [6.45, 7) is 5.33. The Morgan fingerprint density at radius 3 is 1.35 bits per heavy atom. The number of unbranched alkanes of at least 4 members (excludes halogenated alkanes) is 16. The van der Waals surface area contributed by atoms with Gasteiger partial charge in [-0.15, -0.1) is 0 Å². The summed E-state index contributed by atoms with van der Waals surface area (Å²) in [6, 6.07) is 0. The lowest BCUT2D eigenvalue weighted by atomic mass is 10.1. The van der Waals surface area contributed by atoms with Gasteiger partial charge in [0.25, 0.3) is 0 Å². The minimum absolute atomic E-state index is 0.180. The molecule has 3 nitrogen and oxygen atoms in total. The van der Waals surface area contributed by atoms with Gasteiger partial charge in [-0.25, -0.2) is 0 Å². The molecule has 0 aliphatic rings. The van der Waals surface area contributed by atoms with Crippen LogP contribution in [0, 0.1) is 0 Å². The maximum Gasteiger partial charge on any atom is 0.189 e. The van der Waals surface area contributed by atoms with Crippen LogP contribution in [-0.4, -0.2) is 46.8 Å². The Balaban J connectivity index is 3.84.